The molecule has 4 heteroatoms. The lowest BCUT2D eigenvalue weighted by Gasteiger charge is -2.19. The molecule has 4 nitrogen and oxygen atoms in total. The summed E-state index contributed by atoms with van der Waals surface area (Å²) in [5, 5.41) is 0. The average Bonchev–Trinajstić information content (AvgIpc) is 2.03. The largest absolute Gasteiger partial charge is 0.325 e. The van der Waals surface area contributed by atoms with E-state index >= 15 is 0 Å². The Kier molecular flexibility index (Phi) is 3.65. The summed E-state index contributed by atoms with van der Waals surface area (Å²) in [5.41, 5.74) is 13.2. The molecule has 1 aromatic rings. The van der Waals surface area contributed by atoms with E-state index in [0.29, 0.717) is 0 Å². The van der Waals surface area contributed by atoms with Crippen LogP contribution >= 0.6 is 0 Å². The molecule has 0 unspecified atom stereocenters. The Hall–Kier alpha value is -1.00. The Balaban J connectivity index is 2.69. The van der Waals surface area contributed by atoms with Gasteiger partial charge in [0.05, 0.1) is 11.4 Å². The van der Waals surface area contributed by atoms with Gasteiger partial charge < -0.3 is 11.5 Å². The molecule has 0 aliphatic heterocycles. The molecule has 4 N–H and O–H groups in total. The van der Waals surface area contributed by atoms with Crippen LogP contribution in [-0.2, 0) is 12.8 Å². The summed E-state index contributed by atoms with van der Waals surface area (Å²) in [6, 6.07) is 0. The number of nitrogens with zero attached hydrogens (tertiary/aromatic N) is 2. The first-order valence-corrected chi connectivity index (χ1v) is 5.53. The molecule has 0 spiro atoms. The molecule has 0 radical (unpaired) electrons. The zero-order valence-electron chi connectivity index (χ0n) is 10.6. The molecule has 0 fully saturated rings. The molecule has 0 bridgehead atoms. The molecule has 0 aliphatic rings. The van der Waals surface area contributed by atoms with Gasteiger partial charge in [0.1, 0.15) is 0 Å². The monoisotopic (exact) mass is 222 g/mol. The molecular weight excluding hydrogens is 200 g/mol. The van der Waals surface area contributed by atoms with E-state index in [9.17, 15) is 0 Å². The molecule has 1 aromatic heterocycles. The minimum atomic E-state index is -0.247. The second kappa shape index (κ2) is 4.47. The van der Waals surface area contributed by atoms with Crippen molar-refractivity contribution < 1.29 is 0 Å². The first kappa shape index (κ1) is 13.1. The van der Waals surface area contributed by atoms with E-state index in [4.69, 9.17) is 11.5 Å². The highest BCUT2D eigenvalue weighted by atomic mass is 14.8. The molecule has 0 aliphatic carbocycles. The first-order chi connectivity index (χ1) is 7.16. The summed E-state index contributed by atoms with van der Waals surface area (Å²) in [4.78, 5) is 8.70. The van der Waals surface area contributed by atoms with Crippen molar-refractivity contribution in [3.8, 4) is 0 Å². The van der Waals surface area contributed by atoms with Crippen molar-refractivity contribution in [3.05, 3.63) is 23.8 Å². The van der Waals surface area contributed by atoms with Crippen molar-refractivity contribution in [2.75, 3.05) is 0 Å². The molecule has 0 saturated heterocycles. The van der Waals surface area contributed by atoms with E-state index in [1.54, 1.807) is 12.4 Å². The maximum Gasteiger partial charge on any atom is 0.0604 e. The van der Waals surface area contributed by atoms with Crippen LogP contribution in [0.4, 0.5) is 0 Å². The second-order valence-corrected chi connectivity index (χ2v) is 5.83. The van der Waals surface area contributed by atoms with Crippen molar-refractivity contribution in [2.24, 2.45) is 11.5 Å². The molecule has 16 heavy (non-hydrogen) atoms. The zero-order chi connectivity index (χ0) is 12.4. The highest BCUT2D eigenvalue weighted by molar-refractivity contribution is 5.07. The molecule has 1 heterocycles. The molecule has 0 amide bonds. The third-order valence-corrected chi connectivity index (χ3v) is 2.03. The van der Waals surface area contributed by atoms with Crippen LogP contribution in [0.2, 0.25) is 0 Å². The summed E-state index contributed by atoms with van der Waals surface area (Å²) in [6.45, 7) is 7.91. The first-order valence-electron chi connectivity index (χ1n) is 5.53. The lowest BCUT2D eigenvalue weighted by atomic mass is 9.99. The topological polar surface area (TPSA) is 77.8 Å². The Labute approximate surface area is 97.5 Å². The normalized spacial score (nSPS) is 12.9. The van der Waals surface area contributed by atoms with Crippen LogP contribution in [0.15, 0.2) is 12.4 Å². The van der Waals surface area contributed by atoms with Gasteiger partial charge in [-0.1, -0.05) is 0 Å². The van der Waals surface area contributed by atoms with Crippen molar-refractivity contribution in [1.82, 2.24) is 9.97 Å². The predicted octanol–water partition coefficient (Wildman–Crippen LogP) is 1.04. The number of rotatable bonds is 4. The fraction of sp³-hybridized carbons (Fsp3) is 0.667. The quantitative estimate of drug-likeness (QED) is 0.797. The van der Waals surface area contributed by atoms with E-state index in [-0.39, 0.29) is 11.1 Å². The van der Waals surface area contributed by atoms with Gasteiger partial charge in [-0.05, 0) is 27.7 Å². The molecule has 1 rings (SSSR count). The van der Waals surface area contributed by atoms with E-state index in [1.165, 1.54) is 0 Å². The van der Waals surface area contributed by atoms with E-state index in [2.05, 4.69) is 9.97 Å². The van der Waals surface area contributed by atoms with Gasteiger partial charge in [-0.15, -0.1) is 0 Å². The van der Waals surface area contributed by atoms with Crippen LogP contribution < -0.4 is 11.5 Å². The van der Waals surface area contributed by atoms with Crippen LogP contribution in [0.1, 0.15) is 39.1 Å². The summed E-state index contributed by atoms with van der Waals surface area (Å²) < 4.78 is 0. The van der Waals surface area contributed by atoms with Crippen LogP contribution in [0.25, 0.3) is 0 Å². The van der Waals surface area contributed by atoms with Crippen molar-refractivity contribution in [1.29, 1.82) is 0 Å². The smallest absolute Gasteiger partial charge is 0.0604 e. The minimum Gasteiger partial charge on any atom is -0.325 e. The fourth-order valence-corrected chi connectivity index (χ4v) is 1.50. The predicted molar refractivity (Wildman–Crippen MR) is 66.0 cm³/mol. The zero-order valence-corrected chi connectivity index (χ0v) is 10.6. The van der Waals surface area contributed by atoms with Gasteiger partial charge >= 0.3 is 0 Å². The Morgan fingerprint density at radius 2 is 1.19 bits per heavy atom. The van der Waals surface area contributed by atoms with Gasteiger partial charge in [0, 0.05) is 36.3 Å². The van der Waals surface area contributed by atoms with E-state index < -0.39 is 0 Å². The molecule has 0 aromatic carbocycles. The van der Waals surface area contributed by atoms with Gasteiger partial charge in [0.2, 0.25) is 0 Å². The average molecular weight is 222 g/mol. The molecule has 0 atom stereocenters. The third-order valence-electron chi connectivity index (χ3n) is 2.03. The number of nitrogens with two attached hydrogens (primary N) is 2. The maximum absolute atomic E-state index is 5.92. The van der Waals surface area contributed by atoms with Crippen LogP contribution in [-0.4, -0.2) is 21.0 Å². The van der Waals surface area contributed by atoms with Gasteiger partial charge in [0.15, 0.2) is 0 Å². The summed E-state index contributed by atoms with van der Waals surface area (Å²) in [7, 11) is 0. The highest BCUT2D eigenvalue weighted by Crippen LogP contribution is 2.09. The molecular formula is C12H22N4. The number of hydrogen-bond acceptors (Lipinski definition) is 4. The standard InChI is InChI=1S/C12H22N4/c1-11(2,13)5-9-7-16-10(8-15-9)6-12(3,4)14/h7-8H,5-6,13-14H2,1-4H3. The van der Waals surface area contributed by atoms with Crippen molar-refractivity contribution in [2.45, 2.75) is 51.6 Å². The Morgan fingerprint density at radius 3 is 1.38 bits per heavy atom. The summed E-state index contributed by atoms with van der Waals surface area (Å²) >= 11 is 0. The lowest BCUT2D eigenvalue weighted by molar-refractivity contribution is 0.499. The summed E-state index contributed by atoms with van der Waals surface area (Å²) in [6.07, 6.45) is 5.03. The SMILES string of the molecule is CC(C)(N)Cc1cnc(CC(C)(C)N)cn1. The second-order valence-electron chi connectivity index (χ2n) is 5.83. The van der Waals surface area contributed by atoms with Crippen LogP contribution in [0, 0.1) is 0 Å². The third kappa shape index (κ3) is 5.19. The van der Waals surface area contributed by atoms with Gasteiger partial charge in [0.25, 0.3) is 0 Å². The van der Waals surface area contributed by atoms with Crippen molar-refractivity contribution >= 4 is 0 Å². The van der Waals surface area contributed by atoms with Crippen LogP contribution in [0.3, 0.4) is 0 Å². The number of aromatic nitrogens is 2. The molecule has 90 valence electrons. The van der Waals surface area contributed by atoms with Gasteiger partial charge in [-0.3, -0.25) is 9.97 Å². The van der Waals surface area contributed by atoms with E-state index in [1.807, 2.05) is 27.7 Å². The van der Waals surface area contributed by atoms with Gasteiger partial charge in [-0.25, -0.2) is 0 Å². The van der Waals surface area contributed by atoms with Crippen LogP contribution in [0.5, 0.6) is 0 Å². The summed E-state index contributed by atoms with van der Waals surface area (Å²) in [5.74, 6) is 0. The maximum atomic E-state index is 5.92. The fourth-order valence-electron chi connectivity index (χ4n) is 1.50. The number of hydrogen-bond donors (Lipinski definition) is 2. The van der Waals surface area contributed by atoms with Crippen molar-refractivity contribution in [3.63, 3.8) is 0 Å². The molecule has 0 saturated carbocycles. The lowest BCUT2D eigenvalue weighted by Crippen LogP contribution is -2.35. The Morgan fingerprint density at radius 1 is 0.875 bits per heavy atom. The highest BCUT2D eigenvalue weighted by Gasteiger charge is 2.15. The van der Waals surface area contributed by atoms with E-state index in [0.717, 1.165) is 24.2 Å². The van der Waals surface area contributed by atoms with Gasteiger partial charge in [-0.2, -0.15) is 0 Å². The minimum absolute atomic E-state index is 0.247. The Bertz CT molecular complexity index is 295.